The Labute approximate surface area is 116 Å². The van der Waals surface area contributed by atoms with Crippen LogP contribution in [-0.2, 0) is 6.18 Å². The van der Waals surface area contributed by atoms with Gasteiger partial charge in [0.2, 0.25) is 5.95 Å². The summed E-state index contributed by atoms with van der Waals surface area (Å²) in [6.07, 6.45) is -4.69. The first-order valence-electron chi connectivity index (χ1n) is 5.96. The molecule has 0 aliphatic rings. The molecule has 0 atom stereocenters. The smallest absolute Gasteiger partial charge is 0.354 e. The van der Waals surface area contributed by atoms with E-state index in [1.807, 2.05) is 0 Å². The maximum absolute atomic E-state index is 13.2. The van der Waals surface area contributed by atoms with Crippen LogP contribution in [0, 0.1) is 11.6 Å². The Morgan fingerprint density at radius 3 is 2.14 bits per heavy atom. The Morgan fingerprint density at radius 2 is 1.62 bits per heavy atom. The summed E-state index contributed by atoms with van der Waals surface area (Å²) in [7, 11) is 0. The van der Waals surface area contributed by atoms with Crippen LogP contribution >= 0.6 is 0 Å². The molecule has 1 heterocycles. The summed E-state index contributed by atoms with van der Waals surface area (Å²) in [6, 6.07) is 3.08. The zero-order valence-corrected chi connectivity index (χ0v) is 10.8. The number of anilines is 1. The zero-order valence-electron chi connectivity index (χ0n) is 10.8. The number of halogens is 5. The number of rotatable bonds is 3. The Bertz CT molecular complexity index is 634. The molecule has 1 aromatic heterocycles. The average Bonchev–Trinajstić information content (AvgIpc) is 2.36. The first kappa shape index (κ1) is 15.1. The summed E-state index contributed by atoms with van der Waals surface area (Å²) in [5.74, 6) is -2.06. The van der Waals surface area contributed by atoms with Crippen molar-refractivity contribution in [3.05, 3.63) is 41.6 Å². The molecule has 0 aliphatic heterocycles. The molecule has 0 aliphatic carbocycles. The molecule has 1 aromatic carbocycles. The van der Waals surface area contributed by atoms with Crippen LogP contribution in [0.1, 0.15) is 12.6 Å². The van der Waals surface area contributed by atoms with Gasteiger partial charge in [-0.15, -0.1) is 0 Å². The Balaban J connectivity index is 2.59. The molecule has 0 spiro atoms. The topological polar surface area (TPSA) is 37.8 Å². The van der Waals surface area contributed by atoms with Crippen molar-refractivity contribution in [3.8, 4) is 11.3 Å². The molecular weight excluding hydrogens is 293 g/mol. The fourth-order valence-corrected chi connectivity index (χ4v) is 1.68. The molecule has 112 valence electrons. The highest BCUT2D eigenvalue weighted by Crippen LogP contribution is 2.31. The highest BCUT2D eigenvalue weighted by atomic mass is 19.4. The lowest BCUT2D eigenvalue weighted by Gasteiger charge is -2.11. The highest BCUT2D eigenvalue weighted by molar-refractivity contribution is 5.61. The molecule has 21 heavy (non-hydrogen) atoms. The lowest BCUT2D eigenvalue weighted by Crippen LogP contribution is -2.12. The fourth-order valence-electron chi connectivity index (χ4n) is 1.68. The average molecular weight is 303 g/mol. The van der Waals surface area contributed by atoms with Crippen LogP contribution in [0.5, 0.6) is 0 Å². The van der Waals surface area contributed by atoms with Crippen LogP contribution in [0.3, 0.4) is 0 Å². The van der Waals surface area contributed by atoms with Crippen LogP contribution in [0.4, 0.5) is 27.9 Å². The minimum Gasteiger partial charge on any atom is -0.354 e. The van der Waals surface area contributed by atoms with Gasteiger partial charge >= 0.3 is 6.18 Å². The van der Waals surface area contributed by atoms with Crippen molar-refractivity contribution in [2.75, 3.05) is 11.9 Å². The normalized spacial score (nSPS) is 11.5. The fraction of sp³-hybridized carbons (Fsp3) is 0.231. The molecule has 3 nitrogen and oxygen atoms in total. The van der Waals surface area contributed by atoms with Crippen LogP contribution < -0.4 is 5.32 Å². The minimum absolute atomic E-state index is 0.0976. The van der Waals surface area contributed by atoms with E-state index in [9.17, 15) is 22.0 Å². The quantitative estimate of drug-likeness (QED) is 0.875. The molecule has 0 fully saturated rings. The molecule has 0 saturated heterocycles. The van der Waals surface area contributed by atoms with E-state index in [1.54, 1.807) is 6.92 Å². The number of benzene rings is 1. The van der Waals surface area contributed by atoms with Crippen LogP contribution in [0.2, 0.25) is 0 Å². The molecule has 0 unspecified atom stereocenters. The highest BCUT2D eigenvalue weighted by Gasteiger charge is 2.33. The molecule has 0 bridgehead atoms. The molecule has 2 aromatic rings. The van der Waals surface area contributed by atoms with Crippen molar-refractivity contribution in [1.29, 1.82) is 0 Å². The molecular formula is C13H10F5N3. The maximum atomic E-state index is 13.2. The largest absolute Gasteiger partial charge is 0.433 e. The number of alkyl halides is 3. The molecule has 1 N–H and O–H groups in total. The van der Waals surface area contributed by atoms with Gasteiger partial charge < -0.3 is 5.32 Å². The SMILES string of the molecule is CCNc1nc(-c2cc(F)cc(F)c2)cc(C(F)(F)F)n1. The Kier molecular flexibility index (Phi) is 4.06. The molecule has 0 radical (unpaired) electrons. The van der Waals surface area contributed by atoms with Crippen molar-refractivity contribution in [2.24, 2.45) is 0 Å². The number of nitrogens with one attached hydrogen (secondary N) is 1. The van der Waals surface area contributed by atoms with E-state index in [4.69, 9.17) is 0 Å². The predicted octanol–water partition coefficient (Wildman–Crippen LogP) is 3.87. The number of aromatic nitrogens is 2. The molecule has 0 amide bonds. The van der Waals surface area contributed by atoms with Gasteiger partial charge in [-0.1, -0.05) is 0 Å². The van der Waals surface area contributed by atoms with E-state index >= 15 is 0 Å². The predicted molar refractivity (Wildman–Crippen MR) is 66.5 cm³/mol. The second-order valence-electron chi connectivity index (χ2n) is 4.15. The third-order valence-corrected chi connectivity index (χ3v) is 2.51. The lowest BCUT2D eigenvalue weighted by molar-refractivity contribution is -0.141. The lowest BCUT2D eigenvalue weighted by atomic mass is 10.1. The number of hydrogen-bond donors (Lipinski definition) is 1. The van der Waals surface area contributed by atoms with E-state index < -0.39 is 23.5 Å². The molecule has 0 saturated carbocycles. The first-order valence-corrected chi connectivity index (χ1v) is 5.96. The van der Waals surface area contributed by atoms with Crippen molar-refractivity contribution in [3.63, 3.8) is 0 Å². The molecule has 2 rings (SSSR count). The van der Waals surface area contributed by atoms with Crippen molar-refractivity contribution >= 4 is 5.95 Å². The van der Waals surface area contributed by atoms with E-state index in [0.717, 1.165) is 12.1 Å². The first-order chi connectivity index (χ1) is 9.79. The van der Waals surface area contributed by atoms with Crippen molar-refractivity contribution in [1.82, 2.24) is 9.97 Å². The second-order valence-corrected chi connectivity index (χ2v) is 4.15. The standard InChI is InChI=1S/C13H10F5N3/c1-2-19-12-20-10(6-11(21-12)13(16,17)18)7-3-8(14)5-9(15)4-7/h3-6H,2H2,1H3,(H,19,20,21). The number of nitrogens with zero attached hydrogens (tertiary/aromatic N) is 2. The third-order valence-electron chi connectivity index (χ3n) is 2.51. The minimum atomic E-state index is -4.69. The van der Waals surface area contributed by atoms with E-state index in [0.29, 0.717) is 18.7 Å². The summed E-state index contributed by atoms with van der Waals surface area (Å²) < 4.78 is 64.7. The molecule has 8 heteroatoms. The van der Waals surface area contributed by atoms with Gasteiger partial charge in [-0.2, -0.15) is 13.2 Å². The summed E-state index contributed by atoms with van der Waals surface area (Å²) in [5.41, 5.74) is -1.50. The van der Waals surface area contributed by atoms with E-state index in [1.165, 1.54) is 0 Å². The third kappa shape index (κ3) is 3.65. The van der Waals surface area contributed by atoms with Gasteiger partial charge in [-0.3, -0.25) is 0 Å². The summed E-state index contributed by atoms with van der Waals surface area (Å²) in [6.45, 7) is 1.96. The van der Waals surface area contributed by atoms with Crippen LogP contribution in [0.15, 0.2) is 24.3 Å². The summed E-state index contributed by atoms with van der Waals surface area (Å²) >= 11 is 0. The number of hydrogen-bond acceptors (Lipinski definition) is 3. The van der Waals surface area contributed by atoms with Crippen molar-refractivity contribution < 1.29 is 22.0 Å². The Hall–Kier alpha value is -2.25. The zero-order chi connectivity index (χ0) is 15.6. The van der Waals surface area contributed by atoms with E-state index in [-0.39, 0.29) is 17.2 Å². The van der Waals surface area contributed by atoms with E-state index in [2.05, 4.69) is 15.3 Å². The van der Waals surface area contributed by atoms with Crippen molar-refractivity contribution in [2.45, 2.75) is 13.1 Å². The van der Waals surface area contributed by atoms with Gasteiger partial charge in [0.15, 0.2) is 5.69 Å². The van der Waals surface area contributed by atoms with Gasteiger partial charge in [0.1, 0.15) is 11.6 Å². The van der Waals surface area contributed by atoms with Gasteiger partial charge in [0.05, 0.1) is 5.69 Å². The van der Waals surface area contributed by atoms with Gasteiger partial charge in [0.25, 0.3) is 0 Å². The van der Waals surface area contributed by atoms with Gasteiger partial charge in [0, 0.05) is 18.2 Å². The van der Waals surface area contributed by atoms with Crippen LogP contribution in [-0.4, -0.2) is 16.5 Å². The summed E-state index contributed by atoms with van der Waals surface area (Å²) in [5, 5.41) is 2.55. The second kappa shape index (κ2) is 5.63. The summed E-state index contributed by atoms with van der Waals surface area (Å²) in [4.78, 5) is 7.16. The van der Waals surface area contributed by atoms with Gasteiger partial charge in [-0.25, -0.2) is 18.7 Å². The van der Waals surface area contributed by atoms with Gasteiger partial charge in [-0.05, 0) is 25.1 Å². The van der Waals surface area contributed by atoms with Crippen LogP contribution in [0.25, 0.3) is 11.3 Å². The Morgan fingerprint density at radius 1 is 1.00 bits per heavy atom. The monoisotopic (exact) mass is 303 g/mol. The maximum Gasteiger partial charge on any atom is 0.433 e.